The van der Waals surface area contributed by atoms with Gasteiger partial charge >= 0.3 is 0 Å². The molecule has 1 atom stereocenters. The first kappa shape index (κ1) is 18.2. The Balaban J connectivity index is 1.53. The number of nitrogens with zero attached hydrogens (tertiary/aromatic N) is 1. The molecule has 0 radical (unpaired) electrons. The van der Waals surface area contributed by atoms with Gasteiger partial charge in [0.1, 0.15) is 0 Å². The Morgan fingerprint density at radius 1 is 1.23 bits per heavy atom. The first-order chi connectivity index (χ1) is 12.5. The number of benzene rings is 2. The molecule has 5 nitrogen and oxygen atoms in total. The van der Waals surface area contributed by atoms with E-state index in [4.69, 9.17) is 0 Å². The van der Waals surface area contributed by atoms with E-state index in [0.717, 1.165) is 16.1 Å². The number of thioether (sulfide) groups is 1. The van der Waals surface area contributed by atoms with Gasteiger partial charge in [-0.25, -0.2) is 5.43 Å². The second kappa shape index (κ2) is 8.19. The summed E-state index contributed by atoms with van der Waals surface area (Å²) in [4.78, 5) is 25.2. The summed E-state index contributed by atoms with van der Waals surface area (Å²) in [5.74, 6) is 0.0362. The van der Waals surface area contributed by atoms with Crippen LogP contribution in [0.1, 0.15) is 37.3 Å². The van der Waals surface area contributed by atoms with Crippen LogP contribution < -0.4 is 10.7 Å². The van der Waals surface area contributed by atoms with Gasteiger partial charge in [-0.2, -0.15) is 5.10 Å². The summed E-state index contributed by atoms with van der Waals surface area (Å²) in [5, 5.41) is 6.37. The van der Waals surface area contributed by atoms with E-state index in [0.29, 0.717) is 5.92 Å². The van der Waals surface area contributed by atoms with Crippen molar-refractivity contribution >= 4 is 35.5 Å². The smallest absolute Gasteiger partial charge is 0.241 e. The fourth-order valence-electron chi connectivity index (χ4n) is 2.59. The van der Waals surface area contributed by atoms with Crippen molar-refractivity contribution in [2.45, 2.75) is 36.3 Å². The molecular formula is C20H21N3O2S. The molecule has 0 bridgehead atoms. The summed E-state index contributed by atoms with van der Waals surface area (Å²) in [5.41, 5.74) is 5.46. The van der Waals surface area contributed by atoms with Gasteiger partial charge < -0.3 is 5.32 Å². The van der Waals surface area contributed by atoms with Crippen molar-refractivity contribution in [3.8, 4) is 0 Å². The van der Waals surface area contributed by atoms with E-state index in [-0.39, 0.29) is 18.2 Å². The second-order valence-corrected chi connectivity index (χ2v) is 7.66. The number of amides is 2. The van der Waals surface area contributed by atoms with Gasteiger partial charge in [-0.3, -0.25) is 9.59 Å². The van der Waals surface area contributed by atoms with Crippen molar-refractivity contribution in [3.05, 3.63) is 59.7 Å². The van der Waals surface area contributed by atoms with E-state index in [2.05, 4.69) is 29.7 Å². The standard InChI is InChI=1S/C20H21N3O2S/c1-13(2)15-9-7-14(8-10-15)12-21-23-19(24)11-18-20(25)22-16-5-3-4-6-17(16)26-18/h3-10,12-13,18H,11H2,1-2H3,(H,22,25)(H,23,24)/b21-12+. The molecule has 26 heavy (non-hydrogen) atoms. The minimum absolute atomic E-state index is 0.0778. The van der Waals surface area contributed by atoms with Gasteiger partial charge in [0.2, 0.25) is 11.8 Å². The number of hydrogen-bond donors (Lipinski definition) is 2. The molecule has 2 N–H and O–H groups in total. The van der Waals surface area contributed by atoms with Crippen molar-refractivity contribution < 1.29 is 9.59 Å². The second-order valence-electron chi connectivity index (χ2n) is 6.41. The largest absolute Gasteiger partial charge is 0.324 e. The molecule has 0 spiro atoms. The summed E-state index contributed by atoms with van der Waals surface area (Å²) in [6.07, 6.45) is 1.68. The van der Waals surface area contributed by atoms with Crippen LogP contribution in [-0.4, -0.2) is 23.3 Å². The Bertz CT molecular complexity index is 831. The molecule has 1 unspecified atom stereocenters. The van der Waals surface area contributed by atoms with Crippen LogP contribution in [0.15, 0.2) is 58.5 Å². The Morgan fingerprint density at radius 2 is 1.96 bits per heavy atom. The first-order valence-corrected chi connectivity index (χ1v) is 9.39. The summed E-state index contributed by atoms with van der Waals surface area (Å²) < 4.78 is 0. The molecule has 0 aliphatic carbocycles. The highest BCUT2D eigenvalue weighted by atomic mass is 32.2. The highest BCUT2D eigenvalue weighted by Gasteiger charge is 2.28. The van der Waals surface area contributed by atoms with Gasteiger partial charge in [-0.15, -0.1) is 11.8 Å². The molecule has 1 aliphatic rings. The zero-order valence-corrected chi connectivity index (χ0v) is 15.5. The van der Waals surface area contributed by atoms with E-state index in [1.807, 2.05) is 48.5 Å². The summed E-state index contributed by atoms with van der Waals surface area (Å²) in [6.45, 7) is 4.28. The molecule has 1 aliphatic heterocycles. The number of carbonyl (C=O) groups excluding carboxylic acids is 2. The predicted octanol–water partition coefficient (Wildman–Crippen LogP) is 3.76. The topological polar surface area (TPSA) is 70.6 Å². The Labute approximate surface area is 157 Å². The number of hydrogen-bond acceptors (Lipinski definition) is 4. The summed E-state index contributed by atoms with van der Waals surface area (Å²) in [7, 11) is 0. The molecule has 2 aromatic carbocycles. The van der Waals surface area contributed by atoms with Crippen molar-refractivity contribution in [2.75, 3.05) is 5.32 Å². The molecule has 0 fully saturated rings. The van der Waals surface area contributed by atoms with E-state index in [9.17, 15) is 9.59 Å². The van der Waals surface area contributed by atoms with Crippen LogP contribution in [0.25, 0.3) is 0 Å². The van der Waals surface area contributed by atoms with Crippen molar-refractivity contribution in [1.29, 1.82) is 0 Å². The molecular weight excluding hydrogens is 346 g/mol. The van der Waals surface area contributed by atoms with Crippen LogP contribution in [0.4, 0.5) is 5.69 Å². The highest BCUT2D eigenvalue weighted by molar-refractivity contribution is 8.01. The first-order valence-electron chi connectivity index (χ1n) is 8.51. The van der Waals surface area contributed by atoms with E-state index in [1.165, 1.54) is 17.3 Å². The van der Waals surface area contributed by atoms with Crippen LogP contribution >= 0.6 is 11.8 Å². The number of para-hydroxylation sites is 1. The van der Waals surface area contributed by atoms with Crippen molar-refractivity contribution in [3.63, 3.8) is 0 Å². The quantitative estimate of drug-likeness (QED) is 0.624. The minimum Gasteiger partial charge on any atom is -0.324 e. The maximum atomic E-state index is 12.1. The molecule has 134 valence electrons. The van der Waals surface area contributed by atoms with Crippen LogP contribution in [0.5, 0.6) is 0 Å². The third kappa shape index (κ3) is 4.52. The lowest BCUT2D eigenvalue weighted by atomic mass is 10.0. The van der Waals surface area contributed by atoms with E-state index < -0.39 is 5.25 Å². The molecule has 0 aromatic heterocycles. The van der Waals surface area contributed by atoms with Crippen molar-refractivity contribution in [1.82, 2.24) is 5.43 Å². The lowest BCUT2D eigenvalue weighted by Gasteiger charge is -2.23. The maximum absolute atomic E-state index is 12.1. The SMILES string of the molecule is CC(C)c1ccc(/C=N/NC(=O)CC2Sc3ccccc3NC2=O)cc1. The number of nitrogens with one attached hydrogen (secondary N) is 2. The van der Waals surface area contributed by atoms with E-state index in [1.54, 1.807) is 6.21 Å². The van der Waals surface area contributed by atoms with Gasteiger partial charge in [0.25, 0.3) is 0 Å². The number of fused-ring (bicyclic) bond motifs is 1. The Kier molecular flexibility index (Phi) is 5.73. The number of anilines is 1. The summed E-state index contributed by atoms with van der Waals surface area (Å²) >= 11 is 1.40. The molecule has 1 heterocycles. The van der Waals surface area contributed by atoms with Gasteiger partial charge in [0, 0.05) is 11.3 Å². The normalized spacial score (nSPS) is 16.4. The maximum Gasteiger partial charge on any atom is 0.241 e. The minimum atomic E-state index is -0.453. The third-order valence-corrected chi connectivity index (χ3v) is 5.36. The van der Waals surface area contributed by atoms with Crippen LogP contribution in [0, 0.1) is 0 Å². The molecule has 0 saturated carbocycles. The molecule has 0 saturated heterocycles. The number of hydrazone groups is 1. The zero-order valence-electron chi connectivity index (χ0n) is 14.7. The lowest BCUT2D eigenvalue weighted by Crippen LogP contribution is -2.33. The average molecular weight is 367 g/mol. The van der Waals surface area contributed by atoms with Gasteiger partial charge in [-0.05, 0) is 29.2 Å². The monoisotopic (exact) mass is 367 g/mol. The molecule has 2 aromatic rings. The highest BCUT2D eigenvalue weighted by Crippen LogP contribution is 2.36. The van der Waals surface area contributed by atoms with Gasteiger partial charge in [-0.1, -0.05) is 50.2 Å². The predicted molar refractivity (Wildman–Crippen MR) is 106 cm³/mol. The Morgan fingerprint density at radius 3 is 2.69 bits per heavy atom. The average Bonchev–Trinajstić information content (AvgIpc) is 2.63. The molecule has 3 rings (SSSR count). The fraction of sp³-hybridized carbons (Fsp3) is 0.250. The summed E-state index contributed by atoms with van der Waals surface area (Å²) in [6, 6.07) is 15.6. The van der Waals surface area contributed by atoms with Crippen LogP contribution in [0.2, 0.25) is 0 Å². The Hall–Kier alpha value is -2.60. The fourth-order valence-corrected chi connectivity index (χ4v) is 3.70. The van der Waals surface area contributed by atoms with Gasteiger partial charge in [0.05, 0.1) is 17.2 Å². The van der Waals surface area contributed by atoms with E-state index >= 15 is 0 Å². The van der Waals surface area contributed by atoms with Crippen LogP contribution in [0.3, 0.4) is 0 Å². The molecule has 2 amide bonds. The van der Waals surface area contributed by atoms with Crippen molar-refractivity contribution in [2.24, 2.45) is 5.10 Å². The van der Waals surface area contributed by atoms with Gasteiger partial charge in [0.15, 0.2) is 0 Å². The number of carbonyl (C=O) groups is 2. The lowest BCUT2D eigenvalue weighted by molar-refractivity contribution is -0.124. The zero-order chi connectivity index (χ0) is 18.5. The van der Waals surface area contributed by atoms with Crippen LogP contribution in [-0.2, 0) is 9.59 Å². The third-order valence-electron chi connectivity index (χ3n) is 4.08. The number of rotatable bonds is 5. The molecule has 6 heteroatoms.